The van der Waals surface area contributed by atoms with Gasteiger partial charge >= 0.3 is 0 Å². The number of hydrogen-bond donors (Lipinski definition) is 0. The molecular formula is C16H28OS. The van der Waals surface area contributed by atoms with Crippen molar-refractivity contribution in [3.63, 3.8) is 0 Å². The molecule has 3 fully saturated rings. The van der Waals surface area contributed by atoms with Crippen molar-refractivity contribution in [2.75, 3.05) is 7.11 Å². The number of rotatable bonds is 1. The quantitative estimate of drug-likeness (QED) is 0.699. The summed E-state index contributed by atoms with van der Waals surface area (Å²) in [5, 5.41) is 1.93. The third kappa shape index (κ3) is 2.24. The Balaban J connectivity index is 1.71. The second kappa shape index (κ2) is 5.36. The van der Waals surface area contributed by atoms with Gasteiger partial charge in [-0.25, -0.2) is 0 Å². The Hall–Kier alpha value is 0.310. The van der Waals surface area contributed by atoms with E-state index in [1.807, 2.05) is 7.11 Å². The Bertz CT molecular complexity index is 293. The van der Waals surface area contributed by atoms with Gasteiger partial charge in [-0.05, 0) is 55.8 Å². The normalized spacial score (nSPS) is 52.5. The lowest BCUT2D eigenvalue weighted by Gasteiger charge is -2.37. The molecule has 1 nitrogen and oxygen atoms in total. The van der Waals surface area contributed by atoms with Crippen LogP contribution in [-0.4, -0.2) is 23.7 Å². The van der Waals surface area contributed by atoms with Crippen molar-refractivity contribution < 1.29 is 4.74 Å². The van der Waals surface area contributed by atoms with Crippen molar-refractivity contribution in [1.82, 2.24) is 0 Å². The second-order valence-electron chi connectivity index (χ2n) is 6.89. The summed E-state index contributed by atoms with van der Waals surface area (Å²) in [5.74, 6) is 3.93. The summed E-state index contributed by atoms with van der Waals surface area (Å²) < 4.78 is 5.60. The minimum Gasteiger partial charge on any atom is -0.381 e. The standard InChI is InChI=1S/C16H28OS/c1-10-4-7-14-13-8-5-12(17-3)6-9-15(13)18-16(14)11(10)2/h10-16H,4-9H2,1-3H3. The van der Waals surface area contributed by atoms with Gasteiger partial charge in [-0.2, -0.15) is 11.8 Å². The van der Waals surface area contributed by atoms with Crippen LogP contribution in [0.1, 0.15) is 52.4 Å². The smallest absolute Gasteiger partial charge is 0.0571 e. The van der Waals surface area contributed by atoms with E-state index < -0.39 is 0 Å². The van der Waals surface area contributed by atoms with E-state index in [9.17, 15) is 0 Å². The lowest BCUT2D eigenvalue weighted by Crippen LogP contribution is -2.34. The maximum atomic E-state index is 5.60. The van der Waals surface area contributed by atoms with Gasteiger partial charge in [-0.15, -0.1) is 0 Å². The lowest BCUT2D eigenvalue weighted by molar-refractivity contribution is 0.0863. The van der Waals surface area contributed by atoms with E-state index in [4.69, 9.17) is 4.74 Å². The zero-order chi connectivity index (χ0) is 12.7. The fourth-order valence-corrected chi connectivity index (χ4v) is 6.92. The van der Waals surface area contributed by atoms with Gasteiger partial charge in [-0.3, -0.25) is 0 Å². The Kier molecular flexibility index (Phi) is 3.96. The van der Waals surface area contributed by atoms with Crippen LogP contribution in [0.25, 0.3) is 0 Å². The predicted molar refractivity (Wildman–Crippen MR) is 79.0 cm³/mol. The molecule has 0 N–H and O–H groups in total. The molecule has 1 saturated heterocycles. The van der Waals surface area contributed by atoms with Gasteiger partial charge < -0.3 is 4.74 Å². The van der Waals surface area contributed by atoms with E-state index in [0.717, 1.165) is 34.2 Å². The average Bonchev–Trinajstić information content (AvgIpc) is 2.60. The molecule has 18 heavy (non-hydrogen) atoms. The molecule has 2 saturated carbocycles. The highest BCUT2D eigenvalue weighted by Crippen LogP contribution is 2.56. The molecule has 3 aliphatic rings. The van der Waals surface area contributed by atoms with E-state index in [2.05, 4.69) is 25.6 Å². The monoisotopic (exact) mass is 268 g/mol. The Morgan fingerprint density at radius 3 is 2.39 bits per heavy atom. The first-order valence-electron chi connectivity index (χ1n) is 7.89. The maximum Gasteiger partial charge on any atom is 0.0571 e. The Morgan fingerprint density at radius 1 is 0.889 bits per heavy atom. The highest BCUT2D eigenvalue weighted by atomic mass is 32.2. The Labute approximate surface area is 116 Å². The zero-order valence-electron chi connectivity index (χ0n) is 12.1. The van der Waals surface area contributed by atoms with E-state index in [-0.39, 0.29) is 0 Å². The second-order valence-corrected chi connectivity index (χ2v) is 8.32. The van der Waals surface area contributed by atoms with Crippen molar-refractivity contribution in [1.29, 1.82) is 0 Å². The molecule has 3 rings (SSSR count). The number of methoxy groups -OCH3 is 1. The molecule has 0 aromatic heterocycles. The third-order valence-electron chi connectivity index (χ3n) is 6.08. The van der Waals surface area contributed by atoms with Crippen LogP contribution >= 0.6 is 11.8 Å². The van der Waals surface area contributed by atoms with Crippen LogP contribution in [0.3, 0.4) is 0 Å². The Morgan fingerprint density at radius 2 is 1.61 bits per heavy atom. The SMILES string of the molecule is COC1CCC2SC3C(C)C(C)CCC3C2CC1. The summed E-state index contributed by atoms with van der Waals surface area (Å²) in [4.78, 5) is 0. The molecule has 2 aliphatic carbocycles. The van der Waals surface area contributed by atoms with Crippen LogP contribution in [0.2, 0.25) is 0 Å². The van der Waals surface area contributed by atoms with Gasteiger partial charge in [0.1, 0.15) is 0 Å². The van der Waals surface area contributed by atoms with E-state index >= 15 is 0 Å². The van der Waals surface area contributed by atoms with E-state index in [1.54, 1.807) is 0 Å². The molecule has 0 bridgehead atoms. The topological polar surface area (TPSA) is 9.23 Å². The number of ether oxygens (including phenoxy) is 1. The van der Waals surface area contributed by atoms with E-state index in [0.29, 0.717) is 6.10 Å². The van der Waals surface area contributed by atoms with Crippen molar-refractivity contribution in [2.24, 2.45) is 23.7 Å². The van der Waals surface area contributed by atoms with Crippen molar-refractivity contribution >= 4 is 11.8 Å². The molecule has 1 aliphatic heterocycles. The molecule has 1 heterocycles. The highest BCUT2D eigenvalue weighted by molar-refractivity contribution is 8.00. The first-order valence-corrected chi connectivity index (χ1v) is 8.83. The summed E-state index contributed by atoms with van der Waals surface area (Å²) >= 11 is 2.36. The van der Waals surface area contributed by atoms with Crippen LogP contribution < -0.4 is 0 Å². The van der Waals surface area contributed by atoms with Crippen molar-refractivity contribution in [2.45, 2.75) is 69.0 Å². The minimum atomic E-state index is 0.551. The van der Waals surface area contributed by atoms with Crippen molar-refractivity contribution in [3.8, 4) is 0 Å². The first kappa shape index (κ1) is 13.3. The van der Waals surface area contributed by atoms with Gasteiger partial charge in [0.25, 0.3) is 0 Å². The van der Waals surface area contributed by atoms with Crippen LogP contribution in [0.4, 0.5) is 0 Å². The zero-order valence-corrected chi connectivity index (χ0v) is 12.9. The summed E-state index contributed by atoms with van der Waals surface area (Å²) in [6.07, 6.45) is 8.97. The van der Waals surface area contributed by atoms with E-state index in [1.165, 1.54) is 38.5 Å². The fourth-order valence-electron chi connectivity index (χ4n) is 4.65. The molecule has 104 valence electrons. The lowest BCUT2D eigenvalue weighted by atomic mass is 9.69. The van der Waals surface area contributed by atoms with Crippen LogP contribution in [0.5, 0.6) is 0 Å². The number of thioether (sulfide) groups is 1. The van der Waals surface area contributed by atoms with Crippen LogP contribution in [0, 0.1) is 23.7 Å². The molecule has 7 unspecified atom stereocenters. The number of fused-ring (bicyclic) bond motifs is 3. The summed E-state index contributed by atoms with van der Waals surface area (Å²) in [5.41, 5.74) is 0. The van der Waals surface area contributed by atoms with Crippen molar-refractivity contribution in [3.05, 3.63) is 0 Å². The first-order chi connectivity index (χ1) is 8.70. The molecule has 7 atom stereocenters. The third-order valence-corrected chi connectivity index (χ3v) is 8.11. The van der Waals surface area contributed by atoms with Crippen LogP contribution in [0.15, 0.2) is 0 Å². The van der Waals surface area contributed by atoms with Gasteiger partial charge in [0.2, 0.25) is 0 Å². The predicted octanol–water partition coefficient (Wildman–Crippen LogP) is 4.36. The molecular weight excluding hydrogens is 240 g/mol. The molecule has 2 heteroatoms. The summed E-state index contributed by atoms with van der Waals surface area (Å²) in [6, 6.07) is 0. The minimum absolute atomic E-state index is 0.551. The molecule has 0 spiro atoms. The summed E-state index contributed by atoms with van der Waals surface area (Å²) in [7, 11) is 1.89. The van der Waals surface area contributed by atoms with Gasteiger partial charge in [0.15, 0.2) is 0 Å². The highest BCUT2D eigenvalue weighted by Gasteiger charge is 2.49. The summed E-state index contributed by atoms with van der Waals surface area (Å²) in [6.45, 7) is 4.98. The van der Waals surface area contributed by atoms with Gasteiger partial charge in [-0.1, -0.05) is 20.3 Å². The number of hydrogen-bond acceptors (Lipinski definition) is 2. The average molecular weight is 268 g/mol. The largest absolute Gasteiger partial charge is 0.381 e. The molecule has 0 amide bonds. The van der Waals surface area contributed by atoms with Gasteiger partial charge in [0.05, 0.1) is 6.10 Å². The fraction of sp³-hybridized carbons (Fsp3) is 1.00. The molecule has 0 aromatic carbocycles. The molecule has 0 aromatic rings. The van der Waals surface area contributed by atoms with Gasteiger partial charge in [0, 0.05) is 17.6 Å². The van der Waals surface area contributed by atoms with Crippen LogP contribution in [-0.2, 0) is 4.74 Å². The maximum absolute atomic E-state index is 5.60. The molecule has 0 radical (unpaired) electrons.